The summed E-state index contributed by atoms with van der Waals surface area (Å²) in [7, 11) is 1.97. The van der Waals surface area contributed by atoms with Crippen LogP contribution in [0.2, 0.25) is 5.02 Å². The average molecular weight is 264 g/mol. The SMILES string of the molecule is CNCC(C)CNc1ccnc2cc(Cl)ccc12. The third-order valence-corrected chi connectivity index (χ3v) is 3.13. The van der Waals surface area contributed by atoms with Gasteiger partial charge >= 0.3 is 0 Å². The number of rotatable bonds is 5. The fourth-order valence-corrected chi connectivity index (χ4v) is 2.15. The summed E-state index contributed by atoms with van der Waals surface area (Å²) in [4.78, 5) is 4.33. The van der Waals surface area contributed by atoms with Crippen molar-refractivity contribution in [2.75, 3.05) is 25.5 Å². The Morgan fingerprint density at radius 3 is 2.89 bits per heavy atom. The summed E-state index contributed by atoms with van der Waals surface area (Å²) in [5.41, 5.74) is 2.04. The van der Waals surface area contributed by atoms with Crippen molar-refractivity contribution in [3.63, 3.8) is 0 Å². The van der Waals surface area contributed by atoms with Gasteiger partial charge in [-0.2, -0.15) is 0 Å². The quantitative estimate of drug-likeness (QED) is 0.870. The maximum atomic E-state index is 5.97. The minimum Gasteiger partial charge on any atom is -0.384 e. The summed E-state index contributed by atoms with van der Waals surface area (Å²) < 4.78 is 0. The zero-order chi connectivity index (χ0) is 13.0. The van der Waals surface area contributed by atoms with Crippen molar-refractivity contribution < 1.29 is 0 Å². The fraction of sp³-hybridized carbons (Fsp3) is 0.357. The molecule has 0 amide bonds. The zero-order valence-corrected chi connectivity index (χ0v) is 11.5. The molecule has 0 fully saturated rings. The number of hydrogen-bond acceptors (Lipinski definition) is 3. The molecule has 2 N–H and O–H groups in total. The van der Waals surface area contributed by atoms with E-state index in [9.17, 15) is 0 Å². The van der Waals surface area contributed by atoms with Crippen LogP contribution in [0.5, 0.6) is 0 Å². The lowest BCUT2D eigenvalue weighted by molar-refractivity contribution is 0.570. The average Bonchev–Trinajstić information content (AvgIpc) is 2.36. The van der Waals surface area contributed by atoms with Crippen molar-refractivity contribution in [3.05, 3.63) is 35.5 Å². The summed E-state index contributed by atoms with van der Waals surface area (Å²) in [6.45, 7) is 4.15. The number of halogens is 1. The molecule has 1 atom stereocenters. The standard InChI is InChI=1S/C14H18ClN3/c1-10(8-16-2)9-18-13-5-6-17-14-7-11(15)3-4-12(13)14/h3-7,10,16H,8-9H2,1-2H3,(H,17,18). The Kier molecular flexibility index (Phi) is 4.39. The second kappa shape index (κ2) is 6.03. The second-order valence-electron chi connectivity index (χ2n) is 4.56. The van der Waals surface area contributed by atoms with Gasteiger partial charge in [-0.05, 0) is 43.8 Å². The lowest BCUT2D eigenvalue weighted by Gasteiger charge is -2.14. The highest BCUT2D eigenvalue weighted by molar-refractivity contribution is 6.31. The molecular formula is C14H18ClN3. The summed E-state index contributed by atoms with van der Waals surface area (Å²) in [5.74, 6) is 0.575. The minimum absolute atomic E-state index is 0.575. The number of hydrogen-bond donors (Lipinski definition) is 2. The smallest absolute Gasteiger partial charge is 0.0737 e. The van der Waals surface area contributed by atoms with Gasteiger partial charge in [-0.1, -0.05) is 18.5 Å². The number of benzene rings is 1. The molecular weight excluding hydrogens is 246 g/mol. The van der Waals surface area contributed by atoms with Gasteiger partial charge in [0.25, 0.3) is 0 Å². The van der Waals surface area contributed by atoms with E-state index in [1.54, 1.807) is 0 Å². The van der Waals surface area contributed by atoms with E-state index >= 15 is 0 Å². The topological polar surface area (TPSA) is 37.0 Å². The highest BCUT2D eigenvalue weighted by atomic mass is 35.5. The van der Waals surface area contributed by atoms with Gasteiger partial charge in [-0.15, -0.1) is 0 Å². The molecule has 2 rings (SSSR count). The predicted molar refractivity (Wildman–Crippen MR) is 78.3 cm³/mol. The van der Waals surface area contributed by atoms with Crippen LogP contribution >= 0.6 is 11.6 Å². The Hall–Kier alpha value is -1.32. The van der Waals surface area contributed by atoms with Crippen molar-refractivity contribution in [2.24, 2.45) is 5.92 Å². The van der Waals surface area contributed by atoms with Crippen LogP contribution in [0.1, 0.15) is 6.92 Å². The van der Waals surface area contributed by atoms with E-state index in [0.717, 1.165) is 34.7 Å². The number of pyridine rings is 1. The van der Waals surface area contributed by atoms with Gasteiger partial charge in [0.15, 0.2) is 0 Å². The van der Waals surface area contributed by atoms with E-state index < -0.39 is 0 Å². The van der Waals surface area contributed by atoms with Crippen LogP contribution in [0, 0.1) is 5.92 Å². The molecule has 0 saturated carbocycles. The fourth-order valence-electron chi connectivity index (χ4n) is 1.98. The molecule has 0 spiro atoms. The lowest BCUT2D eigenvalue weighted by Crippen LogP contribution is -2.22. The Morgan fingerprint density at radius 1 is 1.28 bits per heavy atom. The first-order valence-corrected chi connectivity index (χ1v) is 6.51. The Bertz CT molecular complexity index is 527. The highest BCUT2D eigenvalue weighted by Gasteiger charge is 2.04. The second-order valence-corrected chi connectivity index (χ2v) is 5.00. The van der Waals surface area contributed by atoms with E-state index in [0.29, 0.717) is 5.92 Å². The molecule has 1 aromatic carbocycles. The molecule has 18 heavy (non-hydrogen) atoms. The van der Waals surface area contributed by atoms with E-state index in [-0.39, 0.29) is 0 Å². The zero-order valence-electron chi connectivity index (χ0n) is 10.7. The van der Waals surface area contributed by atoms with Crippen molar-refractivity contribution in [2.45, 2.75) is 6.92 Å². The molecule has 0 bridgehead atoms. The largest absolute Gasteiger partial charge is 0.384 e. The molecule has 96 valence electrons. The first kappa shape index (κ1) is 13.1. The predicted octanol–water partition coefficient (Wildman–Crippen LogP) is 3.16. The van der Waals surface area contributed by atoms with E-state index in [1.165, 1.54) is 0 Å². The van der Waals surface area contributed by atoms with Gasteiger partial charge in [0.1, 0.15) is 0 Å². The van der Waals surface area contributed by atoms with Gasteiger partial charge in [0, 0.05) is 28.8 Å². The van der Waals surface area contributed by atoms with Crippen LogP contribution in [-0.4, -0.2) is 25.1 Å². The van der Waals surface area contributed by atoms with E-state index in [4.69, 9.17) is 11.6 Å². The third-order valence-electron chi connectivity index (χ3n) is 2.90. The Balaban J connectivity index is 2.18. The molecule has 0 aliphatic carbocycles. The van der Waals surface area contributed by atoms with Gasteiger partial charge in [-0.3, -0.25) is 4.98 Å². The van der Waals surface area contributed by atoms with Crippen molar-refractivity contribution in [3.8, 4) is 0 Å². The van der Waals surface area contributed by atoms with Crippen LogP contribution in [0.25, 0.3) is 10.9 Å². The van der Waals surface area contributed by atoms with E-state index in [1.807, 2.05) is 37.5 Å². The van der Waals surface area contributed by atoms with Crippen LogP contribution < -0.4 is 10.6 Å². The monoisotopic (exact) mass is 263 g/mol. The molecule has 0 radical (unpaired) electrons. The Morgan fingerprint density at radius 2 is 2.11 bits per heavy atom. The third kappa shape index (κ3) is 3.12. The number of nitrogens with one attached hydrogen (secondary N) is 2. The minimum atomic E-state index is 0.575. The van der Waals surface area contributed by atoms with Crippen molar-refractivity contribution in [1.29, 1.82) is 0 Å². The van der Waals surface area contributed by atoms with Crippen LogP contribution in [0.15, 0.2) is 30.5 Å². The van der Waals surface area contributed by atoms with Crippen molar-refractivity contribution in [1.82, 2.24) is 10.3 Å². The summed E-state index contributed by atoms with van der Waals surface area (Å²) in [6, 6.07) is 7.80. The molecule has 1 unspecified atom stereocenters. The van der Waals surface area contributed by atoms with Gasteiger partial charge in [-0.25, -0.2) is 0 Å². The van der Waals surface area contributed by atoms with Crippen molar-refractivity contribution >= 4 is 28.2 Å². The first-order chi connectivity index (χ1) is 8.70. The first-order valence-electron chi connectivity index (χ1n) is 6.13. The lowest BCUT2D eigenvalue weighted by atomic mass is 10.1. The van der Waals surface area contributed by atoms with Crippen LogP contribution in [0.4, 0.5) is 5.69 Å². The number of nitrogens with zero attached hydrogens (tertiary/aromatic N) is 1. The molecule has 3 nitrogen and oxygen atoms in total. The Labute approximate surface area is 113 Å². The van der Waals surface area contributed by atoms with Gasteiger partial charge in [0.2, 0.25) is 0 Å². The maximum absolute atomic E-state index is 5.97. The normalized spacial score (nSPS) is 12.6. The van der Waals surface area contributed by atoms with E-state index in [2.05, 4.69) is 22.5 Å². The van der Waals surface area contributed by atoms with Crippen LogP contribution in [0.3, 0.4) is 0 Å². The summed E-state index contributed by atoms with van der Waals surface area (Å²) in [6.07, 6.45) is 1.81. The molecule has 0 aliphatic heterocycles. The van der Waals surface area contributed by atoms with Gasteiger partial charge in [0.05, 0.1) is 5.52 Å². The van der Waals surface area contributed by atoms with Gasteiger partial charge < -0.3 is 10.6 Å². The maximum Gasteiger partial charge on any atom is 0.0737 e. The summed E-state index contributed by atoms with van der Waals surface area (Å²) >= 11 is 5.97. The summed E-state index contributed by atoms with van der Waals surface area (Å²) in [5, 5.41) is 8.48. The molecule has 0 saturated heterocycles. The molecule has 0 aliphatic rings. The highest BCUT2D eigenvalue weighted by Crippen LogP contribution is 2.24. The molecule has 1 aromatic heterocycles. The molecule has 2 aromatic rings. The number of fused-ring (bicyclic) bond motifs is 1. The molecule has 4 heteroatoms. The van der Waals surface area contributed by atoms with Crippen LogP contribution in [-0.2, 0) is 0 Å². The number of anilines is 1. The number of aromatic nitrogens is 1. The molecule has 1 heterocycles.